The Hall–Kier alpha value is -2.96. The molecule has 0 aliphatic rings. The summed E-state index contributed by atoms with van der Waals surface area (Å²) < 4.78 is 0. The average Bonchev–Trinajstić information content (AvgIpc) is 2.71. The maximum atomic E-state index is 12.8. The Morgan fingerprint density at radius 3 is 2.66 bits per heavy atom. The summed E-state index contributed by atoms with van der Waals surface area (Å²) in [7, 11) is 0. The minimum absolute atomic E-state index is 0.443. The molecule has 1 aromatic heterocycles. The quantitative estimate of drug-likeness (QED) is 0.494. The molecule has 5 N–H and O–H groups in total. The van der Waals surface area contributed by atoms with Gasteiger partial charge in [-0.05, 0) is 66.2 Å². The van der Waals surface area contributed by atoms with Gasteiger partial charge in [0.25, 0.3) is 5.91 Å². The van der Waals surface area contributed by atoms with Gasteiger partial charge < -0.3 is 21.5 Å². The van der Waals surface area contributed by atoms with Crippen LogP contribution in [0.5, 0.6) is 0 Å². The number of carbonyl (C=O) groups excluding carboxylic acids is 1. The fourth-order valence-electron chi connectivity index (χ4n) is 3.59. The number of pyridine rings is 1. The van der Waals surface area contributed by atoms with Gasteiger partial charge >= 0.3 is 0 Å². The first-order valence-electron chi connectivity index (χ1n) is 9.90. The third-order valence-electron chi connectivity index (χ3n) is 5.18. The lowest BCUT2D eigenvalue weighted by molar-refractivity contribution is -0.125. The highest BCUT2D eigenvalue weighted by molar-refractivity contribution is 5.98. The number of anilines is 2. The van der Waals surface area contributed by atoms with Gasteiger partial charge in [-0.1, -0.05) is 32.0 Å². The third kappa shape index (κ3) is 4.55. The predicted molar refractivity (Wildman–Crippen MR) is 118 cm³/mol. The fraction of sp³-hybridized carbons (Fsp3) is 0.304. The highest BCUT2D eigenvalue weighted by Gasteiger charge is 2.27. The summed E-state index contributed by atoms with van der Waals surface area (Å²) in [6.07, 6.45) is 1.34. The van der Waals surface area contributed by atoms with E-state index < -0.39 is 18.1 Å². The molecule has 152 valence electrons. The molecule has 1 amide bonds. The van der Waals surface area contributed by atoms with Gasteiger partial charge in [0.2, 0.25) is 0 Å². The number of aliphatic hydroxyl groups excluding tert-OH is 1. The Morgan fingerprint density at radius 2 is 1.97 bits per heavy atom. The predicted octanol–water partition coefficient (Wildman–Crippen LogP) is 3.34. The Balaban J connectivity index is 1.81. The van der Waals surface area contributed by atoms with E-state index >= 15 is 0 Å². The number of hydrogen-bond donors (Lipinski definition) is 4. The Bertz CT molecular complexity index is 1020. The monoisotopic (exact) mass is 392 g/mol. The molecule has 6 nitrogen and oxygen atoms in total. The van der Waals surface area contributed by atoms with E-state index in [-0.39, 0.29) is 0 Å². The lowest BCUT2D eigenvalue weighted by atomic mass is 9.95. The van der Waals surface area contributed by atoms with E-state index in [1.54, 1.807) is 12.3 Å². The van der Waals surface area contributed by atoms with Crippen LogP contribution in [0.4, 0.5) is 11.5 Å². The van der Waals surface area contributed by atoms with Crippen molar-refractivity contribution in [1.29, 1.82) is 0 Å². The molecule has 2 unspecified atom stereocenters. The largest absolute Gasteiger partial charge is 0.383 e. The second kappa shape index (κ2) is 9.03. The molecule has 2 atom stereocenters. The number of aromatic nitrogens is 1. The van der Waals surface area contributed by atoms with E-state index in [9.17, 15) is 9.90 Å². The van der Waals surface area contributed by atoms with Gasteiger partial charge in [-0.15, -0.1) is 0 Å². The molecule has 3 aromatic rings. The number of fused-ring (bicyclic) bond motifs is 1. The molecule has 0 aliphatic heterocycles. The number of hydrogen-bond acceptors (Lipinski definition) is 5. The normalized spacial score (nSPS) is 13.2. The van der Waals surface area contributed by atoms with Gasteiger partial charge in [-0.2, -0.15) is 0 Å². The summed E-state index contributed by atoms with van der Waals surface area (Å²) in [5.41, 5.74) is 9.78. The zero-order valence-corrected chi connectivity index (χ0v) is 17.1. The molecule has 6 heteroatoms. The van der Waals surface area contributed by atoms with E-state index in [4.69, 9.17) is 5.73 Å². The lowest BCUT2D eigenvalue weighted by Crippen LogP contribution is -2.40. The number of benzene rings is 2. The SMILES string of the molecule is CCNC(c1ccc(CC)c(C)c1)C(O)C(=O)Nc1ccc2c(N)nccc2c1. The average molecular weight is 393 g/mol. The number of aliphatic hydroxyl groups is 1. The molecule has 29 heavy (non-hydrogen) atoms. The van der Waals surface area contributed by atoms with Crippen LogP contribution in [0.1, 0.15) is 36.6 Å². The van der Waals surface area contributed by atoms with Gasteiger partial charge in [0.05, 0.1) is 6.04 Å². The number of nitrogen functional groups attached to an aromatic ring is 1. The Morgan fingerprint density at radius 1 is 1.17 bits per heavy atom. The minimum Gasteiger partial charge on any atom is -0.383 e. The first-order valence-corrected chi connectivity index (χ1v) is 9.90. The maximum absolute atomic E-state index is 12.8. The molecular weight excluding hydrogens is 364 g/mol. The Labute approximate surface area is 171 Å². The topological polar surface area (TPSA) is 100 Å². The molecule has 0 fully saturated rings. The van der Waals surface area contributed by atoms with Crippen molar-refractivity contribution in [2.45, 2.75) is 39.3 Å². The molecule has 0 saturated carbocycles. The van der Waals surface area contributed by atoms with Crippen LogP contribution in [-0.2, 0) is 11.2 Å². The fourth-order valence-corrected chi connectivity index (χ4v) is 3.59. The number of rotatable bonds is 7. The lowest BCUT2D eigenvalue weighted by Gasteiger charge is -2.24. The van der Waals surface area contributed by atoms with Crippen molar-refractivity contribution in [3.8, 4) is 0 Å². The number of amides is 1. The van der Waals surface area contributed by atoms with Crippen molar-refractivity contribution in [2.75, 3.05) is 17.6 Å². The standard InChI is InChI=1S/C23H28N4O2/c1-4-15-6-7-17(12-14(15)3)20(25-5-2)21(28)23(29)27-18-8-9-19-16(13-18)10-11-26-22(19)24/h6-13,20-21,25,28H,4-5H2,1-3H3,(H2,24,26)(H,27,29). The zero-order chi connectivity index (χ0) is 21.0. The van der Waals surface area contributed by atoms with Crippen molar-refractivity contribution in [2.24, 2.45) is 0 Å². The molecule has 1 heterocycles. The van der Waals surface area contributed by atoms with Crippen molar-refractivity contribution in [1.82, 2.24) is 10.3 Å². The minimum atomic E-state index is -1.24. The van der Waals surface area contributed by atoms with E-state index in [1.165, 1.54) is 5.56 Å². The molecular formula is C23H28N4O2. The van der Waals surface area contributed by atoms with E-state index in [1.807, 2.05) is 44.2 Å². The van der Waals surface area contributed by atoms with Crippen LogP contribution in [0, 0.1) is 6.92 Å². The van der Waals surface area contributed by atoms with E-state index in [2.05, 4.69) is 28.6 Å². The smallest absolute Gasteiger partial charge is 0.255 e. The van der Waals surface area contributed by atoms with Crippen LogP contribution >= 0.6 is 0 Å². The summed E-state index contributed by atoms with van der Waals surface area (Å²) >= 11 is 0. The number of likely N-dealkylation sites (N-methyl/N-ethyl adjacent to an activating group) is 1. The van der Waals surface area contributed by atoms with Crippen LogP contribution in [0.25, 0.3) is 10.8 Å². The number of aryl methyl sites for hydroxylation is 2. The Kier molecular flexibility index (Phi) is 6.46. The van der Waals surface area contributed by atoms with Crippen molar-refractivity contribution < 1.29 is 9.90 Å². The summed E-state index contributed by atoms with van der Waals surface area (Å²) in [5, 5.41) is 18.5. The van der Waals surface area contributed by atoms with Crippen molar-refractivity contribution >= 4 is 28.2 Å². The molecule has 2 aromatic carbocycles. The molecule has 0 radical (unpaired) electrons. The first kappa shape index (κ1) is 20.8. The summed E-state index contributed by atoms with van der Waals surface area (Å²) in [6, 6.07) is 12.8. The summed E-state index contributed by atoms with van der Waals surface area (Å²) in [6.45, 7) is 6.74. The van der Waals surface area contributed by atoms with Crippen LogP contribution in [0.3, 0.4) is 0 Å². The van der Waals surface area contributed by atoms with Crippen LogP contribution < -0.4 is 16.4 Å². The van der Waals surface area contributed by atoms with Gasteiger partial charge in [-0.3, -0.25) is 4.79 Å². The van der Waals surface area contributed by atoms with Gasteiger partial charge in [0.15, 0.2) is 6.10 Å². The van der Waals surface area contributed by atoms with Crippen LogP contribution in [0.2, 0.25) is 0 Å². The first-order chi connectivity index (χ1) is 13.9. The molecule has 3 rings (SSSR count). The second-order valence-electron chi connectivity index (χ2n) is 7.14. The highest BCUT2D eigenvalue weighted by Crippen LogP contribution is 2.25. The zero-order valence-electron chi connectivity index (χ0n) is 17.1. The number of nitrogens with two attached hydrogens (primary N) is 1. The highest BCUT2D eigenvalue weighted by atomic mass is 16.3. The number of carbonyl (C=O) groups is 1. The molecule has 0 bridgehead atoms. The van der Waals surface area contributed by atoms with Crippen molar-refractivity contribution in [3.05, 3.63) is 65.4 Å². The molecule has 0 aliphatic carbocycles. The molecule has 0 saturated heterocycles. The van der Waals surface area contributed by atoms with Gasteiger partial charge in [0.1, 0.15) is 5.82 Å². The summed E-state index contributed by atoms with van der Waals surface area (Å²) in [4.78, 5) is 16.8. The van der Waals surface area contributed by atoms with Gasteiger partial charge in [-0.25, -0.2) is 4.98 Å². The van der Waals surface area contributed by atoms with Crippen LogP contribution in [0.15, 0.2) is 48.7 Å². The van der Waals surface area contributed by atoms with E-state index in [0.29, 0.717) is 18.1 Å². The van der Waals surface area contributed by atoms with Crippen LogP contribution in [-0.4, -0.2) is 28.6 Å². The van der Waals surface area contributed by atoms with Gasteiger partial charge in [0, 0.05) is 17.3 Å². The number of nitrogens with one attached hydrogen (secondary N) is 2. The third-order valence-corrected chi connectivity index (χ3v) is 5.18. The summed E-state index contributed by atoms with van der Waals surface area (Å²) in [5.74, 6) is -0.0203. The maximum Gasteiger partial charge on any atom is 0.255 e. The second-order valence-corrected chi connectivity index (χ2v) is 7.14. The molecule has 0 spiro atoms. The van der Waals surface area contributed by atoms with Crippen molar-refractivity contribution in [3.63, 3.8) is 0 Å². The number of nitrogens with zero attached hydrogens (tertiary/aromatic N) is 1. The van der Waals surface area contributed by atoms with E-state index in [0.717, 1.165) is 28.3 Å².